The summed E-state index contributed by atoms with van der Waals surface area (Å²) in [5.41, 5.74) is 0.840. The Hall–Kier alpha value is -0.280. The van der Waals surface area contributed by atoms with Crippen LogP contribution in [0.2, 0.25) is 0 Å². The molecule has 0 bridgehead atoms. The predicted octanol–water partition coefficient (Wildman–Crippen LogP) is 3.38. The summed E-state index contributed by atoms with van der Waals surface area (Å²) in [6, 6.07) is 7.67. The first-order valence-corrected chi connectivity index (χ1v) is 6.59. The van der Waals surface area contributed by atoms with Crippen LogP contribution in [0.3, 0.4) is 0 Å². The van der Waals surface area contributed by atoms with E-state index < -0.39 is 0 Å². The minimum absolute atomic E-state index is 0.245. The first-order valence-electron chi connectivity index (χ1n) is 4.65. The molecular weight excluding hydrogens is 260 g/mol. The van der Waals surface area contributed by atoms with Gasteiger partial charge in [-0.15, -0.1) is 0 Å². The SMILES string of the molecule is O=C(c1cccc(Br)c1)C1CCSC1. The van der Waals surface area contributed by atoms with Gasteiger partial charge in [0.2, 0.25) is 0 Å². The second-order valence-corrected chi connectivity index (χ2v) is 5.50. The third kappa shape index (κ3) is 2.20. The fourth-order valence-corrected chi connectivity index (χ4v) is 3.24. The molecule has 1 unspecified atom stereocenters. The summed E-state index contributed by atoms with van der Waals surface area (Å²) >= 11 is 5.26. The van der Waals surface area contributed by atoms with Crippen molar-refractivity contribution in [1.29, 1.82) is 0 Å². The molecule has 0 N–H and O–H groups in total. The lowest BCUT2D eigenvalue weighted by Crippen LogP contribution is -2.13. The molecule has 2 rings (SSSR count). The molecule has 1 aliphatic heterocycles. The fraction of sp³-hybridized carbons (Fsp3) is 0.364. The van der Waals surface area contributed by atoms with Crippen molar-refractivity contribution in [2.24, 2.45) is 5.92 Å². The van der Waals surface area contributed by atoms with Gasteiger partial charge in [0.15, 0.2) is 5.78 Å². The first-order chi connectivity index (χ1) is 6.77. The lowest BCUT2D eigenvalue weighted by Gasteiger charge is -2.06. The van der Waals surface area contributed by atoms with Gasteiger partial charge in [-0.3, -0.25) is 4.79 Å². The molecule has 1 heterocycles. The molecule has 1 atom stereocenters. The van der Waals surface area contributed by atoms with E-state index in [0.29, 0.717) is 5.78 Å². The zero-order valence-electron chi connectivity index (χ0n) is 7.70. The molecular formula is C11H11BrOS. The second kappa shape index (κ2) is 4.49. The molecule has 14 heavy (non-hydrogen) atoms. The van der Waals surface area contributed by atoms with Gasteiger partial charge in [0, 0.05) is 21.7 Å². The van der Waals surface area contributed by atoms with Crippen LogP contribution in [0.1, 0.15) is 16.8 Å². The molecule has 0 amide bonds. The van der Waals surface area contributed by atoms with E-state index in [-0.39, 0.29) is 5.92 Å². The zero-order valence-corrected chi connectivity index (χ0v) is 10.1. The molecule has 3 heteroatoms. The maximum Gasteiger partial charge on any atom is 0.166 e. The standard InChI is InChI=1S/C11H11BrOS/c12-10-3-1-2-8(6-10)11(13)9-4-5-14-7-9/h1-3,6,9H,4-5,7H2. The molecule has 1 aliphatic rings. The van der Waals surface area contributed by atoms with Crippen molar-refractivity contribution in [2.45, 2.75) is 6.42 Å². The maximum absolute atomic E-state index is 12.0. The number of thioether (sulfide) groups is 1. The summed E-state index contributed by atoms with van der Waals surface area (Å²) in [6.45, 7) is 0. The van der Waals surface area contributed by atoms with Gasteiger partial charge < -0.3 is 0 Å². The van der Waals surface area contributed by atoms with Crippen molar-refractivity contribution in [3.05, 3.63) is 34.3 Å². The quantitative estimate of drug-likeness (QED) is 0.767. The molecule has 1 aromatic carbocycles. The largest absolute Gasteiger partial charge is 0.294 e. The predicted molar refractivity (Wildman–Crippen MR) is 63.9 cm³/mol. The lowest BCUT2D eigenvalue weighted by atomic mass is 9.97. The monoisotopic (exact) mass is 270 g/mol. The summed E-state index contributed by atoms with van der Waals surface area (Å²) in [7, 11) is 0. The number of halogens is 1. The van der Waals surface area contributed by atoms with Gasteiger partial charge in [0.1, 0.15) is 0 Å². The highest BCUT2D eigenvalue weighted by molar-refractivity contribution is 9.10. The summed E-state index contributed by atoms with van der Waals surface area (Å²) in [6.07, 6.45) is 1.04. The molecule has 0 aliphatic carbocycles. The summed E-state index contributed by atoms with van der Waals surface area (Å²) in [5.74, 6) is 2.67. The highest BCUT2D eigenvalue weighted by Crippen LogP contribution is 2.27. The van der Waals surface area contributed by atoms with E-state index in [1.54, 1.807) is 0 Å². The number of carbonyl (C=O) groups is 1. The third-order valence-corrected chi connectivity index (χ3v) is 4.07. The van der Waals surface area contributed by atoms with E-state index in [1.807, 2.05) is 36.0 Å². The van der Waals surface area contributed by atoms with Crippen LogP contribution in [0.4, 0.5) is 0 Å². The molecule has 0 saturated carbocycles. The third-order valence-electron chi connectivity index (χ3n) is 2.41. The number of hydrogen-bond donors (Lipinski definition) is 0. The normalized spacial score (nSPS) is 21.1. The Morgan fingerprint density at radius 2 is 2.36 bits per heavy atom. The van der Waals surface area contributed by atoms with Gasteiger partial charge >= 0.3 is 0 Å². The zero-order chi connectivity index (χ0) is 9.97. The van der Waals surface area contributed by atoms with E-state index >= 15 is 0 Å². The van der Waals surface area contributed by atoms with Crippen molar-refractivity contribution in [2.75, 3.05) is 11.5 Å². The lowest BCUT2D eigenvalue weighted by molar-refractivity contribution is 0.0933. The van der Waals surface area contributed by atoms with Crippen molar-refractivity contribution in [3.8, 4) is 0 Å². The Balaban J connectivity index is 2.17. The van der Waals surface area contributed by atoms with Crippen molar-refractivity contribution >= 4 is 33.5 Å². The van der Waals surface area contributed by atoms with Crippen molar-refractivity contribution in [1.82, 2.24) is 0 Å². The molecule has 0 spiro atoms. The molecule has 74 valence electrons. The number of Topliss-reactive ketones (excluding diaryl/α,β-unsaturated/α-hetero) is 1. The highest BCUT2D eigenvalue weighted by Gasteiger charge is 2.24. The Kier molecular flexibility index (Phi) is 3.29. The van der Waals surface area contributed by atoms with E-state index in [1.165, 1.54) is 0 Å². The van der Waals surface area contributed by atoms with Gasteiger partial charge in [-0.25, -0.2) is 0 Å². The Morgan fingerprint density at radius 3 is 3.00 bits per heavy atom. The molecule has 1 fully saturated rings. The van der Waals surface area contributed by atoms with Gasteiger partial charge in [0.05, 0.1) is 0 Å². The van der Waals surface area contributed by atoms with Crippen LogP contribution in [-0.2, 0) is 0 Å². The van der Waals surface area contributed by atoms with Gasteiger partial charge in [0.25, 0.3) is 0 Å². The van der Waals surface area contributed by atoms with E-state index in [4.69, 9.17) is 0 Å². The average Bonchev–Trinajstić information content (AvgIpc) is 2.69. The molecule has 1 aromatic rings. The highest BCUT2D eigenvalue weighted by atomic mass is 79.9. The van der Waals surface area contributed by atoms with Crippen molar-refractivity contribution in [3.63, 3.8) is 0 Å². The average molecular weight is 271 g/mol. The smallest absolute Gasteiger partial charge is 0.166 e. The summed E-state index contributed by atoms with van der Waals surface area (Å²) in [5, 5.41) is 0. The summed E-state index contributed by atoms with van der Waals surface area (Å²) in [4.78, 5) is 12.0. The molecule has 0 radical (unpaired) electrons. The van der Waals surface area contributed by atoms with E-state index in [2.05, 4.69) is 15.9 Å². The maximum atomic E-state index is 12.0. The van der Waals surface area contributed by atoms with Crippen LogP contribution in [0.5, 0.6) is 0 Å². The van der Waals surface area contributed by atoms with Crippen LogP contribution in [0.25, 0.3) is 0 Å². The van der Waals surface area contributed by atoms with Gasteiger partial charge in [-0.05, 0) is 24.3 Å². The van der Waals surface area contributed by atoms with Crippen LogP contribution < -0.4 is 0 Å². The van der Waals surface area contributed by atoms with Gasteiger partial charge in [-0.1, -0.05) is 28.1 Å². The number of ketones is 1. The number of benzene rings is 1. The Bertz CT molecular complexity index is 345. The van der Waals surface area contributed by atoms with Crippen LogP contribution in [0.15, 0.2) is 28.7 Å². The summed E-state index contributed by atoms with van der Waals surface area (Å²) < 4.78 is 0.981. The molecule has 0 aromatic heterocycles. The molecule has 1 saturated heterocycles. The minimum Gasteiger partial charge on any atom is -0.294 e. The van der Waals surface area contributed by atoms with Crippen LogP contribution in [0, 0.1) is 5.92 Å². The van der Waals surface area contributed by atoms with Gasteiger partial charge in [-0.2, -0.15) is 11.8 Å². The van der Waals surface area contributed by atoms with Crippen LogP contribution >= 0.6 is 27.7 Å². The number of hydrogen-bond acceptors (Lipinski definition) is 2. The number of carbonyl (C=O) groups excluding carboxylic acids is 1. The Morgan fingerprint density at radius 1 is 1.50 bits per heavy atom. The second-order valence-electron chi connectivity index (χ2n) is 3.44. The van der Waals surface area contributed by atoms with E-state index in [0.717, 1.165) is 28.0 Å². The Labute approximate surface area is 96.4 Å². The minimum atomic E-state index is 0.245. The fourth-order valence-electron chi connectivity index (χ4n) is 1.62. The first kappa shape index (κ1) is 10.2. The van der Waals surface area contributed by atoms with E-state index in [9.17, 15) is 4.79 Å². The topological polar surface area (TPSA) is 17.1 Å². The van der Waals surface area contributed by atoms with Crippen LogP contribution in [-0.4, -0.2) is 17.3 Å². The number of rotatable bonds is 2. The molecule has 1 nitrogen and oxygen atoms in total. The van der Waals surface area contributed by atoms with Crippen molar-refractivity contribution < 1.29 is 4.79 Å².